The molecule has 6 nitrogen and oxygen atoms in total. The van der Waals surface area contributed by atoms with E-state index in [0.717, 1.165) is 109 Å². The third-order valence-electron chi connectivity index (χ3n) is 13.7. The van der Waals surface area contributed by atoms with Crippen LogP contribution in [0.25, 0.3) is 0 Å². The average Bonchev–Trinajstić information content (AvgIpc) is 3.40. The van der Waals surface area contributed by atoms with Crippen molar-refractivity contribution in [3.05, 3.63) is 85.1 Å². The van der Waals surface area contributed by atoms with E-state index in [1.165, 1.54) is 161 Å². The highest BCUT2D eigenvalue weighted by atomic mass is 16.6. The largest absolute Gasteiger partial charge is 0.462 e. The molecule has 0 bridgehead atoms. The van der Waals surface area contributed by atoms with Crippen molar-refractivity contribution in [3.63, 3.8) is 0 Å². The van der Waals surface area contributed by atoms with E-state index in [1.54, 1.807) is 0 Å². The fourth-order valence-corrected chi connectivity index (χ4v) is 8.95. The number of esters is 3. The van der Waals surface area contributed by atoms with Crippen LogP contribution in [0.4, 0.5) is 0 Å². The summed E-state index contributed by atoms with van der Waals surface area (Å²) in [6.07, 6.45) is 81.8. The number of ether oxygens (including phenoxy) is 3. The first-order chi connectivity index (χ1) is 36.5. The molecule has 0 aliphatic heterocycles. The van der Waals surface area contributed by atoms with Crippen molar-refractivity contribution in [1.82, 2.24) is 0 Å². The maximum absolute atomic E-state index is 12.9. The van der Waals surface area contributed by atoms with Gasteiger partial charge in [-0.2, -0.15) is 0 Å². The van der Waals surface area contributed by atoms with Crippen molar-refractivity contribution >= 4 is 17.9 Å². The summed E-state index contributed by atoms with van der Waals surface area (Å²) < 4.78 is 16.8. The lowest BCUT2D eigenvalue weighted by Crippen LogP contribution is -2.30. The van der Waals surface area contributed by atoms with E-state index >= 15 is 0 Å². The van der Waals surface area contributed by atoms with Crippen LogP contribution < -0.4 is 0 Å². The summed E-state index contributed by atoms with van der Waals surface area (Å²) in [5.74, 6) is -0.911. The fourth-order valence-electron chi connectivity index (χ4n) is 8.95. The van der Waals surface area contributed by atoms with Gasteiger partial charge in [0.2, 0.25) is 0 Å². The monoisotopic (exact) mass is 1030 g/mol. The fraction of sp³-hybridized carbons (Fsp3) is 0.750. The number of unbranched alkanes of at least 4 members (excludes halogenated alkanes) is 32. The van der Waals surface area contributed by atoms with Crippen LogP contribution in [-0.4, -0.2) is 37.2 Å². The maximum Gasteiger partial charge on any atom is 0.306 e. The van der Waals surface area contributed by atoms with Gasteiger partial charge in [0.15, 0.2) is 6.10 Å². The second-order valence-electron chi connectivity index (χ2n) is 21.0. The molecule has 0 fully saturated rings. The van der Waals surface area contributed by atoms with Crippen molar-refractivity contribution < 1.29 is 28.6 Å². The first-order valence-corrected chi connectivity index (χ1v) is 31.6. The number of hydrogen-bond acceptors (Lipinski definition) is 6. The third-order valence-corrected chi connectivity index (χ3v) is 13.7. The number of carbonyl (C=O) groups excluding carboxylic acids is 3. The molecule has 74 heavy (non-hydrogen) atoms. The predicted molar refractivity (Wildman–Crippen MR) is 321 cm³/mol. The molecule has 0 aliphatic carbocycles. The number of allylic oxidation sites excluding steroid dienone is 14. The Kier molecular flexibility index (Phi) is 59.3. The second kappa shape index (κ2) is 62.1. The molecular formula is C68H118O6. The number of carbonyl (C=O) groups is 3. The normalized spacial score (nSPS) is 12.6. The Labute approximate surface area is 458 Å². The zero-order valence-corrected chi connectivity index (χ0v) is 48.8. The molecule has 0 heterocycles. The molecule has 0 aromatic rings. The lowest BCUT2D eigenvalue weighted by atomic mass is 10.0. The van der Waals surface area contributed by atoms with Gasteiger partial charge < -0.3 is 14.2 Å². The first kappa shape index (κ1) is 70.6. The molecule has 0 N–H and O–H groups in total. The van der Waals surface area contributed by atoms with Crippen molar-refractivity contribution in [3.8, 4) is 0 Å². The van der Waals surface area contributed by atoms with Crippen LogP contribution in [0.5, 0.6) is 0 Å². The standard InChI is InChI=1S/C68H118O6/c1-4-7-10-13-16-19-21-23-25-27-29-31-33-34-36-37-39-41-43-45-47-49-52-55-58-61-67(70)73-64-65(63-72-66(69)60-57-54-51-18-15-12-9-6-3)74-68(71)62-59-56-53-50-48-46-44-42-40-38-35-32-30-28-26-24-22-20-17-14-11-8-5-2/h7,10,16,19,23,25,29,31,34,36,39,41,45,47,65H,4-6,8-9,11-15,17-18,20-22,24,26-28,30,32-33,35,37-38,40,42-44,46,48-64H2,1-3H3/b10-7-,19-16-,25-23-,31-29-,36-34-,41-39-,47-45-. The highest BCUT2D eigenvalue weighted by molar-refractivity contribution is 5.71. The van der Waals surface area contributed by atoms with Gasteiger partial charge in [-0.1, -0.05) is 298 Å². The molecule has 426 valence electrons. The van der Waals surface area contributed by atoms with Crippen LogP contribution in [0.2, 0.25) is 0 Å². The van der Waals surface area contributed by atoms with Gasteiger partial charge in [0.25, 0.3) is 0 Å². The van der Waals surface area contributed by atoms with Crippen LogP contribution in [-0.2, 0) is 28.6 Å². The quantitative estimate of drug-likeness (QED) is 0.0261. The van der Waals surface area contributed by atoms with Crippen LogP contribution >= 0.6 is 0 Å². The Morgan fingerprint density at radius 2 is 0.527 bits per heavy atom. The molecule has 6 heteroatoms. The Morgan fingerprint density at radius 1 is 0.284 bits per heavy atom. The highest BCUT2D eigenvalue weighted by Gasteiger charge is 2.19. The molecule has 0 saturated carbocycles. The minimum absolute atomic E-state index is 0.0842. The molecule has 0 rings (SSSR count). The molecule has 0 aliphatic rings. The number of hydrogen-bond donors (Lipinski definition) is 0. The van der Waals surface area contributed by atoms with Gasteiger partial charge in [-0.25, -0.2) is 0 Å². The van der Waals surface area contributed by atoms with Gasteiger partial charge in [0, 0.05) is 19.3 Å². The van der Waals surface area contributed by atoms with Crippen molar-refractivity contribution in [2.45, 2.75) is 316 Å². The topological polar surface area (TPSA) is 78.9 Å². The van der Waals surface area contributed by atoms with Gasteiger partial charge in [-0.05, 0) is 77.0 Å². The molecule has 0 amide bonds. The maximum atomic E-state index is 12.9. The van der Waals surface area contributed by atoms with Crippen LogP contribution in [0.3, 0.4) is 0 Å². The molecular weight excluding hydrogens is 913 g/mol. The average molecular weight is 1030 g/mol. The smallest absolute Gasteiger partial charge is 0.306 e. The summed E-state index contributed by atoms with van der Waals surface area (Å²) in [4.78, 5) is 38.1. The molecule has 0 spiro atoms. The van der Waals surface area contributed by atoms with Gasteiger partial charge in [0.05, 0.1) is 0 Å². The first-order valence-electron chi connectivity index (χ1n) is 31.6. The van der Waals surface area contributed by atoms with Gasteiger partial charge >= 0.3 is 17.9 Å². The van der Waals surface area contributed by atoms with E-state index < -0.39 is 6.10 Å². The molecule has 0 radical (unpaired) electrons. The van der Waals surface area contributed by atoms with Gasteiger partial charge in [0.1, 0.15) is 13.2 Å². The van der Waals surface area contributed by atoms with Crippen LogP contribution in [0.15, 0.2) is 85.1 Å². The number of rotatable bonds is 57. The van der Waals surface area contributed by atoms with E-state index in [2.05, 4.69) is 106 Å². The predicted octanol–water partition coefficient (Wildman–Crippen LogP) is 21.5. The summed E-state index contributed by atoms with van der Waals surface area (Å²) in [5, 5.41) is 0. The van der Waals surface area contributed by atoms with Crippen molar-refractivity contribution in [2.24, 2.45) is 0 Å². The lowest BCUT2D eigenvalue weighted by molar-refractivity contribution is -0.167. The molecule has 0 saturated heterocycles. The summed E-state index contributed by atoms with van der Waals surface area (Å²) in [5.41, 5.74) is 0. The van der Waals surface area contributed by atoms with Crippen molar-refractivity contribution in [2.75, 3.05) is 13.2 Å². The highest BCUT2D eigenvalue weighted by Crippen LogP contribution is 2.17. The zero-order valence-electron chi connectivity index (χ0n) is 48.8. The van der Waals surface area contributed by atoms with E-state index in [-0.39, 0.29) is 31.1 Å². The minimum Gasteiger partial charge on any atom is -0.462 e. The Morgan fingerprint density at radius 3 is 0.824 bits per heavy atom. The van der Waals surface area contributed by atoms with E-state index in [1.807, 2.05) is 0 Å². The van der Waals surface area contributed by atoms with E-state index in [9.17, 15) is 14.4 Å². The summed E-state index contributed by atoms with van der Waals surface area (Å²) in [6.45, 7) is 6.50. The van der Waals surface area contributed by atoms with Gasteiger partial charge in [-0.15, -0.1) is 0 Å². The molecule has 0 aromatic carbocycles. The van der Waals surface area contributed by atoms with Crippen LogP contribution in [0, 0.1) is 0 Å². The third kappa shape index (κ3) is 59.5. The molecule has 1 unspecified atom stereocenters. The van der Waals surface area contributed by atoms with E-state index in [4.69, 9.17) is 14.2 Å². The Bertz CT molecular complexity index is 1420. The molecule has 0 aromatic heterocycles. The van der Waals surface area contributed by atoms with Gasteiger partial charge in [-0.3, -0.25) is 14.4 Å². The van der Waals surface area contributed by atoms with E-state index in [0.29, 0.717) is 19.3 Å². The van der Waals surface area contributed by atoms with Crippen LogP contribution in [0.1, 0.15) is 310 Å². The van der Waals surface area contributed by atoms with Crippen molar-refractivity contribution in [1.29, 1.82) is 0 Å². The summed E-state index contributed by atoms with van der Waals surface area (Å²) in [6, 6.07) is 0. The lowest BCUT2D eigenvalue weighted by Gasteiger charge is -2.18. The summed E-state index contributed by atoms with van der Waals surface area (Å²) >= 11 is 0. The Hall–Kier alpha value is -3.41. The Balaban J connectivity index is 4.25. The molecule has 1 atom stereocenters. The second-order valence-corrected chi connectivity index (χ2v) is 21.0. The zero-order chi connectivity index (χ0) is 53.6. The summed E-state index contributed by atoms with van der Waals surface area (Å²) in [7, 11) is 0. The minimum atomic E-state index is -0.787. The SMILES string of the molecule is CC/C=C\C/C=C\C/C=C\C/C=C\C/C=C\C/C=C\C/C=C\CCCCCC(=O)OCC(COC(=O)CCCCCCCCCC)OC(=O)CCCCCCCCCCCCCCCCCCCCCCCCC.